The van der Waals surface area contributed by atoms with Crippen molar-refractivity contribution < 1.29 is 27.4 Å². The summed E-state index contributed by atoms with van der Waals surface area (Å²) in [5.41, 5.74) is 1.36. The van der Waals surface area contributed by atoms with E-state index in [9.17, 15) is 17.6 Å². The number of carbonyl (C=O) groups is 1. The Balaban J connectivity index is 1.48. The zero-order valence-electron chi connectivity index (χ0n) is 19.0. The summed E-state index contributed by atoms with van der Waals surface area (Å²) in [6, 6.07) is 13.5. The average molecular weight is 504 g/mol. The molecule has 0 atom stereocenters. The Morgan fingerprint density at radius 1 is 1.06 bits per heavy atom. The molecule has 186 valence electrons. The van der Waals surface area contributed by atoms with Gasteiger partial charge in [-0.05, 0) is 61.9 Å². The number of aryl methyl sites for hydroxylation is 1. The van der Waals surface area contributed by atoms with Crippen LogP contribution in [0.3, 0.4) is 0 Å². The third-order valence-electron chi connectivity index (χ3n) is 4.61. The lowest BCUT2D eigenvalue weighted by Crippen LogP contribution is -2.29. The van der Waals surface area contributed by atoms with Gasteiger partial charge in [0.25, 0.3) is 0 Å². The number of carboxylic acid groups (broad SMARTS) is 1. The van der Waals surface area contributed by atoms with Crippen LogP contribution in [-0.2, 0) is 14.8 Å². The number of aliphatic carboxylic acids is 1. The molecule has 0 saturated heterocycles. The highest BCUT2D eigenvalue weighted by Crippen LogP contribution is 2.18. The number of hydrogen-bond donors (Lipinski definition) is 4. The second kappa shape index (κ2) is 12.1. The van der Waals surface area contributed by atoms with Crippen molar-refractivity contribution in [2.45, 2.75) is 24.7 Å². The number of halogens is 1. The molecule has 2 aromatic carbocycles. The molecular weight excluding hydrogens is 477 g/mol. The zero-order chi connectivity index (χ0) is 25.3. The van der Waals surface area contributed by atoms with Crippen LogP contribution >= 0.6 is 0 Å². The maximum absolute atomic E-state index is 13.1. The minimum atomic E-state index is -3.74. The number of hydrogen-bond acceptors (Lipinski definition) is 8. The molecule has 0 aliphatic carbocycles. The van der Waals surface area contributed by atoms with Crippen molar-refractivity contribution in [3.8, 4) is 5.75 Å². The number of anilines is 3. The van der Waals surface area contributed by atoms with Crippen LogP contribution in [0.2, 0.25) is 0 Å². The molecule has 0 amide bonds. The molecule has 0 aliphatic heterocycles. The SMILES string of the molecule is Cc1cc(Nc2ccc(F)cc2)nc(NCCNS(=O)(=O)c2ccc(OCCCC(=O)O)cc2)n1. The van der Waals surface area contributed by atoms with E-state index in [0.29, 0.717) is 35.3 Å². The van der Waals surface area contributed by atoms with Crippen molar-refractivity contribution in [2.24, 2.45) is 0 Å². The van der Waals surface area contributed by atoms with Gasteiger partial charge in [0.1, 0.15) is 17.4 Å². The first-order chi connectivity index (χ1) is 16.7. The van der Waals surface area contributed by atoms with Gasteiger partial charge in [0.15, 0.2) is 0 Å². The van der Waals surface area contributed by atoms with Gasteiger partial charge in [-0.25, -0.2) is 22.5 Å². The van der Waals surface area contributed by atoms with Gasteiger partial charge in [-0.3, -0.25) is 4.79 Å². The third-order valence-corrected chi connectivity index (χ3v) is 6.09. The standard InChI is InChI=1S/C23H26FN5O5S/c1-16-15-21(28-18-6-4-17(24)5-7-18)29-23(27-16)25-12-13-26-35(32,33)20-10-8-19(9-11-20)34-14-2-3-22(30)31/h4-11,15,26H,2-3,12-14H2,1H3,(H,30,31)(H2,25,27,28,29). The van der Waals surface area contributed by atoms with Crippen LogP contribution in [0.15, 0.2) is 59.5 Å². The molecule has 4 N–H and O–H groups in total. The maximum atomic E-state index is 13.1. The first kappa shape index (κ1) is 25.8. The smallest absolute Gasteiger partial charge is 0.303 e. The van der Waals surface area contributed by atoms with Crippen molar-refractivity contribution in [3.05, 3.63) is 66.1 Å². The number of carboxylic acids is 1. The summed E-state index contributed by atoms with van der Waals surface area (Å²) in [7, 11) is -3.74. The Kier molecular flexibility index (Phi) is 8.92. The highest BCUT2D eigenvalue weighted by atomic mass is 32.2. The Morgan fingerprint density at radius 3 is 2.46 bits per heavy atom. The zero-order valence-corrected chi connectivity index (χ0v) is 19.8. The van der Waals surface area contributed by atoms with Gasteiger partial charge in [0.2, 0.25) is 16.0 Å². The summed E-state index contributed by atoms with van der Waals surface area (Å²) in [5.74, 6) is 0.0523. The average Bonchev–Trinajstić information content (AvgIpc) is 2.81. The lowest BCUT2D eigenvalue weighted by Gasteiger charge is -2.11. The number of nitrogens with one attached hydrogen (secondary N) is 3. The van der Waals surface area contributed by atoms with Crippen LogP contribution < -0.4 is 20.1 Å². The van der Waals surface area contributed by atoms with Crippen molar-refractivity contribution in [3.63, 3.8) is 0 Å². The summed E-state index contributed by atoms with van der Waals surface area (Å²) in [4.78, 5) is 19.2. The third kappa shape index (κ3) is 8.50. The lowest BCUT2D eigenvalue weighted by molar-refractivity contribution is -0.137. The molecule has 12 heteroatoms. The summed E-state index contributed by atoms with van der Waals surface area (Å²) < 4.78 is 46.0. The molecule has 1 heterocycles. The second-order valence-corrected chi connectivity index (χ2v) is 9.26. The first-order valence-corrected chi connectivity index (χ1v) is 12.3. The van der Waals surface area contributed by atoms with E-state index in [2.05, 4.69) is 25.3 Å². The Hall–Kier alpha value is -3.77. The molecule has 0 aliphatic rings. The number of benzene rings is 2. The molecule has 3 rings (SSSR count). The molecule has 0 spiro atoms. The second-order valence-electron chi connectivity index (χ2n) is 7.49. The van der Waals surface area contributed by atoms with Crippen molar-refractivity contribution in [1.29, 1.82) is 0 Å². The van der Waals surface area contributed by atoms with Gasteiger partial charge in [0.05, 0.1) is 11.5 Å². The topological polar surface area (TPSA) is 143 Å². The molecule has 0 bridgehead atoms. The predicted molar refractivity (Wildman–Crippen MR) is 129 cm³/mol. The molecule has 1 aromatic heterocycles. The molecule has 0 fully saturated rings. The van der Waals surface area contributed by atoms with Gasteiger partial charge in [0, 0.05) is 37.0 Å². The van der Waals surface area contributed by atoms with Crippen molar-refractivity contribution >= 4 is 33.4 Å². The van der Waals surface area contributed by atoms with Crippen LogP contribution in [0.1, 0.15) is 18.5 Å². The Labute approximate surface area is 202 Å². The van der Waals surface area contributed by atoms with Crippen LogP contribution in [0, 0.1) is 12.7 Å². The van der Waals surface area contributed by atoms with E-state index in [1.165, 1.54) is 36.4 Å². The highest BCUT2D eigenvalue weighted by molar-refractivity contribution is 7.89. The largest absolute Gasteiger partial charge is 0.494 e. The van der Waals surface area contributed by atoms with E-state index in [-0.39, 0.29) is 36.8 Å². The first-order valence-electron chi connectivity index (χ1n) is 10.8. The molecule has 0 radical (unpaired) electrons. The van der Waals surface area contributed by atoms with Gasteiger partial charge in [-0.15, -0.1) is 0 Å². The molecular formula is C23H26FN5O5S. The lowest BCUT2D eigenvalue weighted by atomic mass is 10.3. The van der Waals surface area contributed by atoms with Crippen molar-refractivity contribution in [2.75, 3.05) is 30.3 Å². The Morgan fingerprint density at radius 2 is 1.77 bits per heavy atom. The minimum absolute atomic E-state index is 0.00405. The van der Waals surface area contributed by atoms with Crippen LogP contribution in [0.5, 0.6) is 5.75 Å². The van der Waals surface area contributed by atoms with E-state index in [1.807, 2.05) is 0 Å². The number of nitrogens with zero attached hydrogens (tertiary/aromatic N) is 2. The quantitative estimate of drug-likeness (QED) is 0.258. The van der Waals surface area contributed by atoms with Crippen LogP contribution in [0.4, 0.5) is 21.8 Å². The highest BCUT2D eigenvalue weighted by Gasteiger charge is 2.13. The van der Waals surface area contributed by atoms with Gasteiger partial charge in [-0.2, -0.15) is 4.98 Å². The summed E-state index contributed by atoms with van der Waals surface area (Å²) in [6.45, 7) is 2.35. The molecule has 0 saturated carbocycles. The fourth-order valence-corrected chi connectivity index (χ4v) is 4.00. The number of sulfonamides is 1. The van der Waals surface area contributed by atoms with Gasteiger partial charge in [-0.1, -0.05) is 0 Å². The van der Waals surface area contributed by atoms with E-state index < -0.39 is 16.0 Å². The summed E-state index contributed by atoms with van der Waals surface area (Å²) >= 11 is 0. The van der Waals surface area contributed by atoms with E-state index in [4.69, 9.17) is 9.84 Å². The number of rotatable bonds is 13. The molecule has 3 aromatic rings. The fourth-order valence-electron chi connectivity index (χ4n) is 2.96. The summed E-state index contributed by atoms with van der Waals surface area (Å²) in [5, 5.41) is 14.7. The predicted octanol–water partition coefficient (Wildman–Crippen LogP) is 3.30. The van der Waals surface area contributed by atoms with E-state index in [1.54, 1.807) is 25.1 Å². The maximum Gasteiger partial charge on any atom is 0.303 e. The fraction of sp³-hybridized carbons (Fsp3) is 0.261. The minimum Gasteiger partial charge on any atom is -0.494 e. The normalized spacial score (nSPS) is 11.1. The monoisotopic (exact) mass is 503 g/mol. The van der Waals surface area contributed by atoms with Crippen molar-refractivity contribution in [1.82, 2.24) is 14.7 Å². The van der Waals surface area contributed by atoms with Crippen LogP contribution in [-0.4, -0.2) is 49.2 Å². The van der Waals surface area contributed by atoms with Gasteiger partial charge >= 0.3 is 5.97 Å². The molecule has 10 nitrogen and oxygen atoms in total. The summed E-state index contributed by atoms with van der Waals surface area (Å²) in [6.07, 6.45) is 0.364. The number of aromatic nitrogens is 2. The molecule has 0 unspecified atom stereocenters. The van der Waals surface area contributed by atoms with E-state index in [0.717, 1.165) is 0 Å². The van der Waals surface area contributed by atoms with E-state index >= 15 is 0 Å². The van der Waals surface area contributed by atoms with Gasteiger partial charge < -0.3 is 20.5 Å². The van der Waals surface area contributed by atoms with Crippen LogP contribution in [0.25, 0.3) is 0 Å². The molecule has 35 heavy (non-hydrogen) atoms. The number of ether oxygens (including phenoxy) is 1. The Bertz CT molecular complexity index is 1240.